The number of nitrogens with zero attached hydrogens (tertiary/aromatic N) is 2. The molecule has 0 saturated heterocycles. The van der Waals surface area contributed by atoms with E-state index in [0.717, 1.165) is 10.00 Å². The number of amides is 1. The van der Waals surface area contributed by atoms with E-state index in [4.69, 9.17) is 11.6 Å². The van der Waals surface area contributed by atoms with Gasteiger partial charge in [-0.3, -0.25) is 14.1 Å². The van der Waals surface area contributed by atoms with E-state index in [1.165, 1.54) is 31.3 Å². The second kappa shape index (κ2) is 8.41. The average Bonchev–Trinajstić information content (AvgIpc) is 2.72. The highest BCUT2D eigenvalue weighted by atomic mass is 35.5. The summed E-state index contributed by atoms with van der Waals surface area (Å²) in [5.41, 5.74) is 1.33. The van der Waals surface area contributed by atoms with Gasteiger partial charge in [-0.05, 0) is 42.5 Å². The molecule has 0 fully saturated rings. The topological polar surface area (TPSA) is 79.4 Å². The number of hydrogen-bond donors (Lipinski definition) is 1. The summed E-state index contributed by atoms with van der Waals surface area (Å²) in [7, 11) is -2.28. The number of pyridine rings is 1. The van der Waals surface area contributed by atoms with Crippen LogP contribution in [0, 0.1) is 0 Å². The molecule has 144 valence electrons. The minimum atomic E-state index is -3.72. The summed E-state index contributed by atoms with van der Waals surface area (Å²) in [6, 6.07) is 18.0. The SMILES string of the molecule is CN(c1ccc(C(=O)NCc2ccccn2)c(Cl)c1)S(=O)(=O)c1ccccc1. The lowest BCUT2D eigenvalue weighted by molar-refractivity contribution is 0.0950. The third-order valence-corrected chi connectivity index (χ3v) is 6.23. The smallest absolute Gasteiger partial charge is 0.264 e. The molecule has 8 heteroatoms. The fraction of sp³-hybridized carbons (Fsp3) is 0.100. The number of carbonyl (C=O) groups is 1. The number of sulfonamides is 1. The molecular formula is C20H18ClN3O3S. The molecule has 0 atom stereocenters. The Morgan fingerprint density at radius 1 is 1.07 bits per heavy atom. The molecule has 1 amide bonds. The Balaban J connectivity index is 1.77. The fourth-order valence-corrected chi connectivity index (χ4v) is 4.01. The number of carbonyl (C=O) groups excluding carboxylic acids is 1. The van der Waals surface area contributed by atoms with Crippen LogP contribution in [0.15, 0.2) is 77.8 Å². The van der Waals surface area contributed by atoms with Crippen LogP contribution in [0.4, 0.5) is 5.69 Å². The summed E-state index contributed by atoms with van der Waals surface area (Å²) < 4.78 is 26.6. The van der Waals surface area contributed by atoms with Gasteiger partial charge in [0.15, 0.2) is 0 Å². The summed E-state index contributed by atoms with van der Waals surface area (Å²) in [6.45, 7) is 0.264. The fourth-order valence-electron chi connectivity index (χ4n) is 2.54. The largest absolute Gasteiger partial charge is 0.346 e. The molecule has 28 heavy (non-hydrogen) atoms. The van der Waals surface area contributed by atoms with Gasteiger partial charge in [0.2, 0.25) is 0 Å². The maximum atomic E-state index is 12.7. The van der Waals surface area contributed by atoms with Gasteiger partial charge in [0.1, 0.15) is 0 Å². The highest BCUT2D eigenvalue weighted by Crippen LogP contribution is 2.27. The van der Waals surface area contributed by atoms with Gasteiger partial charge < -0.3 is 5.32 Å². The van der Waals surface area contributed by atoms with Crippen molar-refractivity contribution in [2.45, 2.75) is 11.4 Å². The van der Waals surface area contributed by atoms with Gasteiger partial charge >= 0.3 is 0 Å². The molecule has 0 bridgehead atoms. The summed E-state index contributed by atoms with van der Waals surface area (Å²) in [4.78, 5) is 16.7. The number of halogens is 1. The number of anilines is 1. The summed E-state index contributed by atoms with van der Waals surface area (Å²) in [5, 5.41) is 2.90. The van der Waals surface area contributed by atoms with E-state index in [2.05, 4.69) is 10.3 Å². The second-order valence-electron chi connectivity index (χ2n) is 5.95. The number of nitrogens with one attached hydrogen (secondary N) is 1. The maximum absolute atomic E-state index is 12.7. The van der Waals surface area contributed by atoms with Crippen LogP contribution in [-0.4, -0.2) is 26.4 Å². The molecule has 3 rings (SSSR count). The quantitative estimate of drug-likeness (QED) is 0.668. The number of rotatable bonds is 6. The van der Waals surface area contributed by atoms with E-state index in [9.17, 15) is 13.2 Å². The normalized spacial score (nSPS) is 11.1. The average molecular weight is 416 g/mol. The summed E-state index contributed by atoms with van der Waals surface area (Å²) in [5.74, 6) is -0.365. The van der Waals surface area contributed by atoms with Gasteiger partial charge in [0.25, 0.3) is 15.9 Å². The molecule has 6 nitrogen and oxygen atoms in total. The predicted octanol–water partition coefficient (Wildman–Crippen LogP) is 3.49. The van der Waals surface area contributed by atoms with Crippen molar-refractivity contribution in [2.75, 3.05) is 11.4 Å². The van der Waals surface area contributed by atoms with Crippen molar-refractivity contribution in [3.05, 3.63) is 89.2 Å². The van der Waals surface area contributed by atoms with Crippen molar-refractivity contribution in [3.8, 4) is 0 Å². The highest BCUT2D eigenvalue weighted by Gasteiger charge is 2.22. The Kier molecular flexibility index (Phi) is 5.96. The van der Waals surface area contributed by atoms with E-state index in [1.54, 1.807) is 42.6 Å². The molecule has 1 N–H and O–H groups in total. The number of hydrogen-bond acceptors (Lipinski definition) is 4. The zero-order valence-electron chi connectivity index (χ0n) is 15.0. The molecule has 0 aliphatic rings. The molecule has 3 aromatic rings. The van der Waals surface area contributed by atoms with E-state index in [1.807, 2.05) is 6.07 Å². The van der Waals surface area contributed by atoms with Gasteiger partial charge in [-0.2, -0.15) is 0 Å². The Bertz CT molecular complexity index is 1070. The van der Waals surface area contributed by atoms with Crippen molar-refractivity contribution >= 4 is 33.2 Å². The Labute approximate surface area is 168 Å². The minimum Gasteiger partial charge on any atom is -0.346 e. The van der Waals surface area contributed by atoms with E-state index in [0.29, 0.717) is 5.69 Å². The van der Waals surface area contributed by atoms with Crippen molar-refractivity contribution in [2.24, 2.45) is 0 Å². The first-order valence-electron chi connectivity index (χ1n) is 8.41. The molecule has 0 aliphatic carbocycles. The van der Waals surface area contributed by atoms with Crippen LogP contribution >= 0.6 is 11.6 Å². The third kappa shape index (κ3) is 4.32. The minimum absolute atomic E-state index is 0.158. The Morgan fingerprint density at radius 2 is 1.79 bits per heavy atom. The number of benzene rings is 2. The predicted molar refractivity (Wildman–Crippen MR) is 109 cm³/mol. The first kappa shape index (κ1) is 19.9. The van der Waals surface area contributed by atoms with Crippen LogP contribution in [0.3, 0.4) is 0 Å². The van der Waals surface area contributed by atoms with Crippen molar-refractivity contribution in [1.29, 1.82) is 0 Å². The lowest BCUT2D eigenvalue weighted by Crippen LogP contribution is -2.27. The standard InChI is InChI=1S/C20H18ClN3O3S/c1-24(28(26,27)17-8-3-2-4-9-17)16-10-11-18(19(21)13-16)20(25)23-14-15-7-5-6-12-22-15/h2-13H,14H2,1H3,(H,23,25). The van der Waals surface area contributed by atoms with Crippen LogP contribution in [0.25, 0.3) is 0 Å². The van der Waals surface area contributed by atoms with Gasteiger partial charge in [-0.1, -0.05) is 35.9 Å². The van der Waals surface area contributed by atoms with Crippen LogP contribution in [0.5, 0.6) is 0 Å². The Morgan fingerprint density at radius 3 is 2.43 bits per heavy atom. The van der Waals surface area contributed by atoms with Crippen molar-refractivity contribution in [1.82, 2.24) is 10.3 Å². The van der Waals surface area contributed by atoms with Gasteiger partial charge in [-0.15, -0.1) is 0 Å². The zero-order chi connectivity index (χ0) is 20.1. The van der Waals surface area contributed by atoms with Crippen LogP contribution in [-0.2, 0) is 16.6 Å². The molecule has 0 saturated carbocycles. The third-order valence-electron chi connectivity index (χ3n) is 4.12. The number of aromatic nitrogens is 1. The molecule has 0 aliphatic heterocycles. The lowest BCUT2D eigenvalue weighted by atomic mass is 10.2. The first-order valence-corrected chi connectivity index (χ1v) is 10.2. The zero-order valence-corrected chi connectivity index (χ0v) is 16.6. The second-order valence-corrected chi connectivity index (χ2v) is 8.33. The highest BCUT2D eigenvalue weighted by molar-refractivity contribution is 7.92. The van der Waals surface area contributed by atoms with Gasteiger partial charge in [-0.25, -0.2) is 8.42 Å². The Hall–Kier alpha value is -2.90. The van der Waals surface area contributed by atoms with Crippen LogP contribution in [0.1, 0.15) is 16.1 Å². The van der Waals surface area contributed by atoms with Crippen molar-refractivity contribution in [3.63, 3.8) is 0 Å². The molecule has 1 aromatic heterocycles. The van der Waals surface area contributed by atoms with E-state index < -0.39 is 10.0 Å². The monoisotopic (exact) mass is 415 g/mol. The molecule has 2 aromatic carbocycles. The van der Waals surface area contributed by atoms with E-state index in [-0.39, 0.29) is 27.9 Å². The molecule has 0 unspecified atom stereocenters. The summed E-state index contributed by atoms with van der Waals surface area (Å²) in [6.07, 6.45) is 1.65. The first-order chi connectivity index (χ1) is 13.4. The molecule has 1 heterocycles. The maximum Gasteiger partial charge on any atom is 0.264 e. The van der Waals surface area contributed by atoms with E-state index >= 15 is 0 Å². The van der Waals surface area contributed by atoms with Crippen LogP contribution < -0.4 is 9.62 Å². The molecular weight excluding hydrogens is 398 g/mol. The lowest BCUT2D eigenvalue weighted by Gasteiger charge is -2.20. The molecule has 0 spiro atoms. The van der Waals surface area contributed by atoms with Crippen molar-refractivity contribution < 1.29 is 13.2 Å². The van der Waals surface area contributed by atoms with Gasteiger partial charge in [0.05, 0.1) is 33.4 Å². The summed E-state index contributed by atoms with van der Waals surface area (Å²) >= 11 is 6.25. The van der Waals surface area contributed by atoms with Crippen LogP contribution in [0.2, 0.25) is 5.02 Å². The van der Waals surface area contributed by atoms with Gasteiger partial charge in [0, 0.05) is 13.2 Å². The molecule has 0 radical (unpaired) electrons.